The van der Waals surface area contributed by atoms with Gasteiger partial charge in [0.15, 0.2) is 6.23 Å². The number of rotatable bonds is 56. The number of carbonyl (C=O) groups excluding carboxylic acids is 5. The molecule has 0 aliphatic carbocycles. The molecule has 27 nitrogen and oxygen atoms in total. The second-order valence-electron chi connectivity index (χ2n) is 15.2. The van der Waals surface area contributed by atoms with E-state index in [1.807, 2.05) is 0 Å². The predicted molar refractivity (Wildman–Crippen MR) is 249 cm³/mol. The first-order chi connectivity index (χ1) is 35.9. The van der Waals surface area contributed by atoms with Crippen LogP contribution in [0.15, 0.2) is 0 Å². The van der Waals surface area contributed by atoms with E-state index in [-0.39, 0.29) is 58.3 Å². The molecule has 0 spiro atoms. The summed E-state index contributed by atoms with van der Waals surface area (Å²) in [7, 11) is 0. The molecule has 0 radical (unpaired) electrons. The third kappa shape index (κ3) is 40.8. The molecule has 1 unspecified atom stereocenters. The van der Waals surface area contributed by atoms with Crippen LogP contribution in [0.4, 0.5) is 0 Å². The van der Waals surface area contributed by atoms with Crippen LogP contribution in [-0.4, -0.2) is 276 Å². The van der Waals surface area contributed by atoms with Gasteiger partial charge in [-0.25, -0.2) is 9.59 Å². The monoisotopic (exact) mass is 1060 g/mol. The molecule has 2 fully saturated rings. The molecule has 0 aromatic rings. The van der Waals surface area contributed by atoms with Gasteiger partial charge in [0.05, 0.1) is 237 Å². The lowest BCUT2D eigenvalue weighted by Crippen LogP contribution is -2.35. The molecule has 0 aromatic heterocycles. The Kier molecular flexibility index (Phi) is 44.9. The second-order valence-corrected chi connectivity index (χ2v) is 15.2. The van der Waals surface area contributed by atoms with Crippen molar-refractivity contribution in [2.45, 2.75) is 44.8 Å². The number of hydrogen-bond donors (Lipinski definition) is 1. The Hall–Kier alpha value is -3.17. The normalized spacial score (nSPS) is 14.9. The van der Waals surface area contributed by atoms with Crippen molar-refractivity contribution >= 4 is 29.7 Å². The summed E-state index contributed by atoms with van der Waals surface area (Å²) in [6.45, 7) is 13.9. The van der Waals surface area contributed by atoms with Gasteiger partial charge < -0.3 is 95.3 Å². The largest absolute Gasteiger partial charge is 0.378 e. The van der Waals surface area contributed by atoms with Gasteiger partial charge in [-0.15, -0.1) is 10.1 Å². The Morgan fingerprint density at radius 1 is 0.315 bits per heavy atom. The van der Waals surface area contributed by atoms with Crippen LogP contribution in [-0.2, 0) is 114 Å². The van der Waals surface area contributed by atoms with E-state index in [1.54, 1.807) is 0 Å². The van der Waals surface area contributed by atoms with E-state index in [2.05, 4.69) is 0 Å². The number of imide groups is 1. The Balaban J connectivity index is 1.11. The number of nitrogens with zero attached hydrogens (tertiary/aromatic N) is 2. The van der Waals surface area contributed by atoms with Crippen LogP contribution in [0.1, 0.15) is 38.5 Å². The lowest BCUT2D eigenvalue weighted by molar-refractivity contribution is -0.221. The minimum atomic E-state index is -1.09. The van der Waals surface area contributed by atoms with E-state index < -0.39 is 35.9 Å². The minimum absolute atomic E-state index is 0.0429. The predicted octanol–water partition coefficient (Wildman–Crippen LogP) is -0.945. The molecule has 2 saturated heterocycles. The van der Waals surface area contributed by atoms with Crippen molar-refractivity contribution in [3.05, 3.63) is 0 Å². The van der Waals surface area contributed by atoms with Gasteiger partial charge in [0.2, 0.25) is 0 Å². The van der Waals surface area contributed by atoms with Crippen molar-refractivity contribution < 1.29 is 119 Å². The van der Waals surface area contributed by atoms with Gasteiger partial charge in [0.25, 0.3) is 17.7 Å². The molecule has 2 aliphatic heterocycles. The zero-order chi connectivity index (χ0) is 52.3. The smallest absolute Gasteiger partial charge is 0.335 e. The lowest BCUT2D eigenvalue weighted by Gasteiger charge is -2.18. The van der Waals surface area contributed by atoms with Crippen LogP contribution in [0, 0.1) is 0 Å². The van der Waals surface area contributed by atoms with Gasteiger partial charge in [0, 0.05) is 25.7 Å². The molecular weight excluding hydrogens is 980 g/mol. The average molecular weight is 1060 g/mol. The molecule has 0 saturated carbocycles. The van der Waals surface area contributed by atoms with Crippen molar-refractivity contribution in [2.75, 3.05) is 225 Å². The van der Waals surface area contributed by atoms with E-state index in [9.17, 15) is 29.1 Å². The molecular formula is C46H82N2O25. The summed E-state index contributed by atoms with van der Waals surface area (Å²) in [6, 6.07) is 0. The highest BCUT2D eigenvalue weighted by Gasteiger charge is 2.33. The highest BCUT2D eigenvalue weighted by Crippen LogP contribution is 2.17. The van der Waals surface area contributed by atoms with Gasteiger partial charge in [-0.05, 0) is 0 Å². The van der Waals surface area contributed by atoms with E-state index in [1.165, 1.54) is 0 Å². The molecule has 426 valence electrons. The minimum Gasteiger partial charge on any atom is -0.378 e. The lowest BCUT2D eigenvalue weighted by atomic mass is 10.4. The van der Waals surface area contributed by atoms with E-state index in [0.717, 1.165) is 0 Å². The summed E-state index contributed by atoms with van der Waals surface area (Å²) >= 11 is 0. The Bertz CT molecular complexity index is 1340. The van der Waals surface area contributed by atoms with E-state index in [4.69, 9.17) is 90.2 Å². The van der Waals surface area contributed by atoms with Crippen molar-refractivity contribution in [3.8, 4) is 0 Å². The fourth-order valence-electron chi connectivity index (χ4n) is 5.65. The van der Waals surface area contributed by atoms with Crippen molar-refractivity contribution in [2.24, 2.45) is 0 Å². The van der Waals surface area contributed by atoms with Gasteiger partial charge in [-0.3, -0.25) is 14.4 Å². The first kappa shape index (κ1) is 65.9. The van der Waals surface area contributed by atoms with Gasteiger partial charge in [-0.2, -0.15) is 0 Å². The Morgan fingerprint density at radius 3 is 0.726 bits per heavy atom. The number of amides is 3. The molecule has 0 aromatic carbocycles. The highest BCUT2D eigenvalue weighted by atomic mass is 16.7. The van der Waals surface area contributed by atoms with Crippen molar-refractivity contribution in [3.63, 3.8) is 0 Å². The third-order valence-electron chi connectivity index (χ3n) is 9.39. The first-order valence-corrected chi connectivity index (χ1v) is 25.0. The number of aliphatic hydroxyl groups is 1. The summed E-state index contributed by atoms with van der Waals surface area (Å²) in [5, 5.41) is 10.8. The Labute approximate surface area is 427 Å². The fraction of sp³-hybridized carbons (Fsp3) is 0.891. The van der Waals surface area contributed by atoms with E-state index >= 15 is 0 Å². The zero-order valence-electron chi connectivity index (χ0n) is 42.5. The van der Waals surface area contributed by atoms with Crippen LogP contribution in [0.3, 0.4) is 0 Å². The summed E-state index contributed by atoms with van der Waals surface area (Å²) in [5.41, 5.74) is 0. The molecule has 1 atom stereocenters. The maximum atomic E-state index is 11.7. The van der Waals surface area contributed by atoms with Crippen LogP contribution in [0.5, 0.6) is 0 Å². The quantitative estimate of drug-likeness (QED) is 0.0568. The SMILES string of the molecule is O=C(CCOCCOCCOCCOCCOCCOCCOCCOCCOCCOCCOCCOCCOCCOCCOCCOCCOCCC(=O)ON1C(=O)CCC1O)ON1C(=O)CCC1=O. The van der Waals surface area contributed by atoms with Gasteiger partial charge in [-0.1, -0.05) is 0 Å². The summed E-state index contributed by atoms with van der Waals surface area (Å²) < 4.78 is 92.6. The standard InChI is InChI=1S/C46H82N2O25/c49-41-1-2-42(50)47(41)72-45(53)5-7-55-9-11-57-13-15-59-17-19-61-21-23-63-25-27-65-29-31-67-33-35-69-37-39-71-40-38-70-36-34-68-32-30-66-28-26-64-24-22-62-20-18-60-16-14-58-12-10-56-8-6-46(54)73-48-43(51)3-4-44(48)52/h41,49H,1-40H2. The Morgan fingerprint density at radius 2 is 0.521 bits per heavy atom. The summed E-state index contributed by atoms with van der Waals surface area (Å²) in [6.07, 6.45) is -0.716. The number of hydroxylamine groups is 4. The van der Waals surface area contributed by atoms with Crippen LogP contribution in [0.25, 0.3) is 0 Å². The number of aliphatic hydroxyl groups excluding tert-OH is 1. The highest BCUT2D eigenvalue weighted by molar-refractivity contribution is 6.01. The second kappa shape index (κ2) is 49.7. The number of carbonyl (C=O) groups is 5. The topological polar surface area (TPSA) is 287 Å². The molecule has 73 heavy (non-hydrogen) atoms. The molecule has 0 bridgehead atoms. The summed E-state index contributed by atoms with van der Waals surface area (Å²) in [4.78, 5) is 67.4. The molecule has 1 N–H and O–H groups in total. The van der Waals surface area contributed by atoms with Gasteiger partial charge in [0.1, 0.15) is 0 Å². The molecule has 3 amide bonds. The van der Waals surface area contributed by atoms with E-state index in [0.29, 0.717) is 215 Å². The van der Waals surface area contributed by atoms with Crippen molar-refractivity contribution in [1.82, 2.24) is 10.1 Å². The third-order valence-corrected chi connectivity index (χ3v) is 9.39. The maximum Gasteiger partial charge on any atom is 0.335 e. The van der Waals surface area contributed by atoms with Crippen LogP contribution >= 0.6 is 0 Å². The molecule has 2 aliphatic rings. The van der Waals surface area contributed by atoms with Crippen LogP contribution < -0.4 is 0 Å². The first-order valence-electron chi connectivity index (χ1n) is 25.0. The number of ether oxygens (including phenoxy) is 17. The molecule has 27 heteroatoms. The van der Waals surface area contributed by atoms with Gasteiger partial charge >= 0.3 is 11.9 Å². The molecule has 2 heterocycles. The van der Waals surface area contributed by atoms with Crippen molar-refractivity contribution in [1.29, 1.82) is 0 Å². The zero-order valence-corrected chi connectivity index (χ0v) is 42.5. The number of hydrogen-bond acceptors (Lipinski definition) is 25. The van der Waals surface area contributed by atoms with Crippen LogP contribution in [0.2, 0.25) is 0 Å². The summed E-state index contributed by atoms with van der Waals surface area (Å²) in [5.74, 6) is -2.81. The average Bonchev–Trinajstić information content (AvgIpc) is 3.87. The maximum absolute atomic E-state index is 11.7. The molecule has 2 rings (SSSR count). The fourth-order valence-corrected chi connectivity index (χ4v) is 5.65.